The van der Waals surface area contributed by atoms with Crippen LogP contribution >= 0.6 is 0 Å². The van der Waals surface area contributed by atoms with Gasteiger partial charge in [0.15, 0.2) is 0 Å². The van der Waals surface area contributed by atoms with E-state index in [2.05, 4.69) is 4.74 Å². The molecule has 0 aliphatic carbocycles. The molecule has 0 radical (unpaired) electrons. The topological polar surface area (TPSA) is 44.8 Å². The molecule has 0 bridgehead atoms. The van der Waals surface area contributed by atoms with Crippen molar-refractivity contribution in [3.63, 3.8) is 0 Å². The summed E-state index contributed by atoms with van der Waals surface area (Å²) in [6.45, 7) is 9.34. The molecular formula is C15H20BFO4. The van der Waals surface area contributed by atoms with Gasteiger partial charge in [-0.25, -0.2) is 9.18 Å². The summed E-state index contributed by atoms with van der Waals surface area (Å²) in [6, 6.07) is 2.74. The zero-order chi connectivity index (χ0) is 16.0. The monoisotopic (exact) mass is 294 g/mol. The number of hydrogen-bond donors (Lipinski definition) is 0. The van der Waals surface area contributed by atoms with E-state index in [1.165, 1.54) is 13.2 Å². The maximum Gasteiger partial charge on any atom is 0.497 e. The number of hydrogen-bond acceptors (Lipinski definition) is 4. The summed E-state index contributed by atoms with van der Waals surface area (Å²) in [5, 5.41) is 0. The predicted molar refractivity (Wildman–Crippen MR) is 78.2 cm³/mol. The minimum atomic E-state index is -0.791. The molecule has 4 nitrogen and oxygen atoms in total. The normalized spacial score (nSPS) is 19.7. The number of carbonyl (C=O) groups is 1. The van der Waals surface area contributed by atoms with Gasteiger partial charge in [-0.2, -0.15) is 0 Å². The molecule has 1 aliphatic rings. The third kappa shape index (κ3) is 2.70. The standard InChI is InChI=1S/C15H20BFO4/c1-9-7-11(12(17)8-10(9)13(18)19-6)16-20-14(2,3)15(4,5)21-16/h7-8H,1-6H3. The zero-order valence-corrected chi connectivity index (χ0v) is 13.2. The van der Waals surface area contributed by atoms with Crippen molar-refractivity contribution in [3.05, 3.63) is 29.1 Å². The van der Waals surface area contributed by atoms with Crippen molar-refractivity contribution in [2.75, 3.05) is 7.11 Å². The Balaban J connectivity index is 2.39. The third-order valence-corrected chi connectivity index (χ3v) is 4.26. The van der Waals surface area contributed by atoms with E-state index < -0.39 is 30.1 Å². The Morgan fingerprint density at radius 2 is 1.71 bits per heavy atom. The van der Waals surface area contributed by atoms with Crippen molar-refractivity contribution in [1.82, 2.24) is 0 Å². The van der Waals surface area contributed by atoms with Gasteiger partial charge in [0.25, 0.3) is 0 Å². The van der Waals surface area contributed by atoms with E-state index in [1.807, 2.05) is 27.7 Å². The van der Waals surface area contributed by atoms with Gasteiger partial charge in [0.05, 0.1) is 23.9 Å². The number of ether oxygens (including phenoxy) is 1. The van der Waals surface area contributed by atoms with Crippen molar-refractivity contribution in [3.8, 4) is 0 Å². The first-order chi connectivity index (χ1) is 9.59. The summed E-state index contributed by atoms with van der Waals surface area (Å²) in [7, 11) is 0.474. The SMILES string of the molecule is COC(=O)c1cc(F)c(B2OC(C)(C)C(C)(C)O2)cc1C. The van der Waals surface area contributed by atoms with Crippen LogP contribution in [0, 0.1) is 12.7 Å². The van der Waals surface area contributed by atoms with Crippen LogP contribution in [0.5, 0.6) is 0 Å². The van der Waals surface area contributed by atoms with E-state index in [0.29, 0.717) is 11.0 Å². The Morgan fingerprint density at radius 1 is 1.19 bits per heavy atom. The molecule has 0 N–H and O–H groups in total. The fourth-order valence-electron chi connectivity index (χ4n) is 2.18. The highest BCUT2D eigenvalue weighted by molar-refractivity contribution is 6.62. The quantitative estimate of drug-likeness (QED) is 0.620. The Labute approximate surface area is 124 Å². The summed E-state index contributed by atoms with van der Waals surface area (Å²) in [5.41, 5.74) is 0.0277. The molecule has 1 saturated heterocycles. The van der Waals surface area contributed by atoms with Crippen LogP contribution in [-0.2, 0) is 14.0 Å². The molecule has 1 aromatic carbocycles. The molecule has 0 unspecified atom stereocenters. The van der Waals surface area contributed by atoms with E-state index in [4.69, 9.17) is 9.31 Å². The molecule has 0 saturated carbocycles. The highest BCUT2D eigenvalue weighted by atomic mass is 19.1. The number of benzene rings is 1. The van der Waals surface area contributed by atoms with E-state index in [1.54, 1.807) is 13.0 Å². The molecule has 21 heavy (non-hydrogen) atoms. The highest BCUT2D eigenvalue weighted by Crippen LogP contribution is 2.36. The number of methoxy groups -OCH3 is 1. The van der Waals surface area contributed by atoms with Crippen molar-refractivity contribution >= 4 is 18.6 Å². The third-order valence-electron chi connectivity index (χ3n) is 4.26. The molecule has 6 heteroatoms. The number of halogens is 1. The molecule has 1 heterocycles. The van der Waals surface area contributed by atoms with E-state index in [-0.39, 0.29) is 5.56 Å². The first-order valence-corrected chi connectivity index (χ1v) is 6.83. The fraction of sp³-hybridized carbons (Fsp3) is 0.533. The highest BCUT2D eigenvalue weighted by Gasteiger charge is 2.52. The molecule has 0 aromatic heterocycles. The summed E-state index contributed by atoms with van der Waals surface area (Å²) in [6.07, 6.45) is 0. The van der Waals surface area contributed by atoms with Crippen LogP contribution in [0.2, 0.25) is 0 Å². The number of esters is 1. The van der Waals surface area contributed by atoms with Crippen LogP contribution in [0.25, 0.3) is 0 Å². The van der Waals surface area contributed by atoms with E-state index in [9.17, 15) is 9.18 Å². The molecule has 0 spiro atoms. The first kappa shape index (κ1) is 16.0. The smallest absolute Gasteiger partial charge is 0.465 e. The predicted octanol–water partition coefficient (Wildman–Crippen LogP) is 2.22. The fourth-order valence-corrected chi connectivity index (χ4v) is 2.18. The summed E-state index contributed by atoms with van der Waals surface area (Å²) in [4.78, 5) is 11.6. The minimum absolute atomic E-state index is 0.204. The second-order valence-corrected chi connectivity index (χ2v) is 6.27. The van der Waals surface area contributed by atoms with Crippen molar-refractivity contribution < 1.29 is 23.2 Å². The van der Waals surface area contributed by atoms with Crippen molar-refractivity contribution in [2.45, 2.75) is 45.8 Å². The van der Waals surface area contributed by atoms with Crippen LogP contribution < -0.4 is 5.46 Å². The van der Waals surface area contributed by atoms with Gasteiger partial charge in [0.1, 0.15) is 5.82 Å². The van der Waals surface area contributed by atoms with Gasteiger partial charge in [0.2, 0.25) is 0 Å². The lowest BCUT2D eigenvalue weighted by atomic mass is 9.77. The molecule has 114 valence electrons. The van der Waals surface area contributed by atoms with Gasteiger partial charge in [-0.05, 0) is 46.2 Å². The van der Waals surface area contributed by atoms with Gasteiger partial charge in [-0.15, -0.1) is 0 Å². The van der Waals surface area contributed by atoms with E-state index in [0.717, 1.165) is 0 Å². The molecule has 2 rings (SSSR count). The molecule has 0 atom stereocenters. The Kier molecular flexibility index (Phi) is 3.89. The van der Waals surface area contributed by atoms with Gasteiger partial charge >= 0.3 is 13.1 Å². The summed E-state index contributed by atoms with van der Waals surface area (Å²) >= 11 is 0. The van der Waals surface area contributed by atoms with Crippen LogP contribution in [0.3, 0.4) is 0 Å². The van der Waals surface area contributed by atoms with Gasteiger partial charge in [-0.3, -0.25) is 0 Å². The Hall–Kier alpha value is -1.40. The lowest BCUT2D eigenvalue weighted by Crippen LogP contribution is -2.41. The molecule has 1 aliphatic heterocycles. The summed E-state index contributed by atoms with van der Waals surface area (Å²) < 4.78 is 30.6. The van der Waals surface area contributed by atoms with Gasteiger partial charge < -0.3 is 14.0 Å². The minimum Gasteiger partial charge on any atom is -0.465 e. The zero-order valence-electron chi connectivity index (χ0n) is 13.2. The lowest BCUT2D eigenvalue weighted by molar-refractivity contribution is 0.00578. The molecule has 1 fully saturated rings. The number of carbonyl (C=O) groups excluding carboxylic acids is 1. The van der Waals surface area contributed by atoms with E-state index >= 15 is 0 Å². The van der Waals surface area contributed by atoms with Gasteiger partial charge in [0, 0.05) is 5.46 Å². The molecule has 0 amide bonds. The maximum atomic E-state index is 14.3. The first-order valence-electron chi connectivity index (χ1n) is 6.83. The Morgan fingerprint density at radius 3 is 2.19 bits per heavy atom. The average Bonchev–Trinajstić information content (AvgIpc) is 2.59. The summed E-state index contributed by atoms with van der Waals surface area (Å²) in [5.74, 6) is -1.11. The molecular weight excluding hydrogens is 274 g/mol. The number of rotatable bonds is 2. The van der Waals surface area contributed by atoms with Crippen LogP contribution in [0.4, 0.5) is 4.39 Å². The van der Waals surface area contributed by atoms with Crippen molar-refractivity contribution in [1.29, 1.82) is 0 Å². The molecule has 1 aromatic rings. The number of aryl methyl sites for hydroxylation is 1. The lowest BCUT2D eigenvalue weighted by Gasteiger charge is -2.32. The largest absolute Gasteiger partial charge is 0.497 e. The maximum absolute atomic E-state index is 14.3. The van der Waals surface area contributed by atoms with Crippen LogP contribution in [-0.4, -0.2) is 31.4 Å². The second-order valence-electron chi connectivity index (χ2n) is 6.27. The average molecular weight is 294 g/mol. The van der Waals surface area contributed by atoms with Crippen LogP contribution in [0.15, 0.2) is 12.1 Å². The van der Waals surface area contributed by atoms with Crippen molar-refractivity contribution in [2.24, 2.45) is 0 Å². The Bertz CT molecular complexity index is 567. The second kappa shape index (κ2) is 5.11. The van der Waals surface area contributed by atoms with Crippen LogP contribution in [0.1, 0.15) is 43.6 Å². The van der Waals surface area contributed by atoms with Gasteiger partial charge in [-0.1, -0.05) is 6.07 Å².